The molecule has 1 aliphatic rings. The number of aryl methyl sites for hydroxylation is 1. The molecule has 0 bridgehead atoms. The van der Waals surface area contributed by atoms with Gasteiger partial charge in [0.25, 0.3) is 5.91 Å². The molecule has 34 heavy (non-hydrogen) atoms. The average molecular weight is 502 g/mol. The zero-order chi connectivity index (χ0) is 24.7. The molecular formula is C24H27N3O5S2. The number of amides is 1. The van der Waals surface area contributed by atoms with Crippen molar-refractivity contribution in [3.8, 4) is 16.9 Å². The number of sulfonamides is 1. The van der Waals surface area contributed by atoms with E-state index >= 15 is 0 Å². The number of aliphatic hydroxyl groups excluding tert-OH is 1. The summed E-state index contributed by atoms with van der Waals surface area (Å²) in [7, 11) is -3.86. The molecule has 1 aliphatic heterocycles. The lowest BCUT2D eigenvalue weighted by molar-refractivity contribution is 0.0507. The number of fused-ring (bicyclic) bond motifs is 1. The van der Waals surface area contributed by atoms with Gasteiger partial charge in [-0.3, -0.25) is 4.79 Å². The molecule has 3 aromatic rings. The van der Waals surface area contributed by atoms with Gasteiger partial charge in [0.2, 0.25) is 10.0 Å². The molecule has 2 heterocycles. The van der Waals surface area contributed by atoms with Gasteiger partial charge in [0.1, 0.15) is 15.8 Å². The van der Waals surface area contributed by atoms with Crippen LogP contribution in [-0.2, 0) is 16.4 Å². The van der Waals surface area contributed by atoms with Gasteiger partial charge < -0.3 is 9.84 Å². The molecule has 0 radical (unpaired) electrons. The summed E-state index contributed by atoms with van der Waals surface area (Å²) in [5.74, 6) is -0.310. The SMILES string of the molecule is Cc1nnc(C[C@@H]2COc3cc(-c4ccccc4C(=O)NS(=O)(=O)C(C)(C)C)ccc3[C@H]2O)s1. The van der Waals surface area contributed by atoms with E-state index in [1.165, 1.54) is 32.1 Å². The molecule has 0 saturated carbocycles. The van der Waals surface area contributed by atoms with E-state index in [9.17, 15) is 18.3 Å². The number of rotatable bonds is 5. The Morgan fingerprint density at radius 3 is 2.62 bits per heavy atom. The van der Waals surface area contributed by atoms with Crippen LogP contribution in [0.2, 0.25) is 0 Å². The minimum absolute atomic E-state index is 0.147. The first-order chi connectivity index (χ1) is 16.0. The van der Waals surface area contributed by atoms with E-state index in [1.807, 2.05) is 6.92 Å². The van der Waals surface area contributed by atoms with Gasteiger partial charge in [0, 0.05) is 23.5 Å². The predicted molar refractivity (Wildman–Crippen MR) is 130 cm³/mol. The average Bonchev–Trinajstić information content (AvgIpc) is 3.19. The van der Waals surface area contributed by atoms with Crippen molar-refractivity contribution in [1.82, 2.24) is 14.9 Å². The maximum atomic E-state index is 12.9. The normalized spacial score (nSPS) is 18.1. The molecule has 4 rings (SSSR count). The van der Waals surface area contributed by atoms with E-state index in [1.54, 1.807) is 42.5 Å². The molecule has 0 aliphatic carbocycles. The number of aliphatic hydroxyl groups is 1. The molecule has 8 nitrogen and oxygen atoms in total. The van der Waals surface area contributed by atoms with Crippen LogP contribution in [0.1, 0.15) is 52.8 Å². The van der Waals surface area contributed by atoms with Crippen LogP contribution in [-0.4, -0.2) is 41.0 Å². The van der Waals surface area contributed by atoms with Gasteiger partial charge in [0.05, 0.1) is 17.5 Å². The minimum Gasteiger partial charge on any atom is -0.493 e. The first-order valence-corrected chi connectivity index (χ1v) is 13.2. The number of benzene rings is 2. The van der Waals surface area contributed by atoms with Crippen LogP contribution in [0, 0.1) is 12.8 Å². The second kappa shape index (κ2) is 9.09. The van der Waals surface area contributed by atoms with Crippen LogP contribution in [0.25, 0.3) is 11.1 Å². The van der Waals surface area contributed by atoms with Crippen LogP contribution in [0.4, 0.5) is 0 Å². The number of hydrogen-bond acceptors (Lipinski definition) is 8. The summed E-state index contributed by atoms with van der Waals surface area (Å²) in [6, 6.07) is 12.1. The number of nitrogens with zero attached hydrogens (tertiary/aromatic N) is 2. The maximum absolute atomic E-state index is 12.9. The zero-order valence-corrected chi connectivity index (χ0v) is 21.0. The largest absolute Gasteiger partial charge is 0.493 e. The van der Waals surface area contributed by atoms with E-state index in [0.717, 1.165) is 10.0 Å². The third-order valence-corrected chi connectivity index (χ3v) is 8.68. The van der Waals surface area contributed by atoms with Crippen molar-refractivity contribution in [3.63, 3.8) is 0 Å². The fraction of sp³-hybridized carbons (Fsp3) is 0.375. The molecule has 0 fully saturated rings. The summed E-state index contributed by atoms with van der Waals surface area (Å²) < 4.78 is 32.0. The highest BCUT2D eigenvalue weighted by Crippen LogP contribution is 2.40. The number of nitrogens with one attached hydrogen (secondary N) is 1. The van der Waals surface area contributed by atoms with Gasteiger partial charge in [-0.1, -0.05) is 30.3 Å². The van der Waals surface area contributed by atoms with Crippen LogP contribution < -0.4 is 9.46 Å². The molecule has 2 atom stereocenters. The van der Waals surface area contributed by atoms with Crippen molar-refractivity contribution in [3.05, 3.63) is 63.6 Å². The highest BCUT2D eigenvalue weighted by atomic mass is 32.2. The molecule has 2 N–H and O–H groups in total. The summed E-state index contributed by atoms with van der Waals surface area (Å²) in [4.78, 5) is 12.9. The topological polar surface area (TPSA) is 118 Å². The Bertz CT molecular complexity index is 1330. The number of ether oxygens (including phenoxy) is 1. The van der Waals surface area contributed by atoms with Gasteiger partial charge in [0.15, 0.2) is 0 Å². The monoisotopic (exact) mass is 501 g/mol. The van der Waals surface area contributed by atoms with Crippen molar-refractivity contribution < 1.29 is 23.1 Å². The molecule has 0 spiro atoms. The molecule has 1 amide bonds. The fourth-order valence-corrected chi connectivity index (χ4v) is 5.15. The molecule has 2 aromatic carbocycles. The van der Waals surface area contributed by atoms with E-state index in [4.69, 9.17) is 4.74 Å². The highest BCUT2D eigenvalue weighted by molar-refractivity contribution is 7.91. The van der Waals surface area contributed by atoms with Gasteiger partial charge in [-0.15, -0.1) is 21.5 Å². The first kappa shape index (κ1) is 24.3. The Labute approximate surface area is 203 Å². The standard InChI is InChI=1S/C24H27N3O5S2/c1-14-25-26-21(33-14)12-16-13-32-20-11-15(9-10-19(20)22(16)28)17-7-5-6-8-18(17)23(29)27-34(30,31)24(2,3)4/h5-11,16,22,28H,12-13H2,1-4H3,(H,27,29)/t16-,22+/m1/s1. The first-order valence-electron chi connectivity index (χ1n) is 10.9. The summed E-state index contributed by atoms with van der Waals surface area (Å²) in [6.07, 6.45) is -0.156. The van der Waals surface area contributed by atoms with Gasteiger partial charge in [-0.25, -0.2) is 13.1 Å². The Morgan fingerprint density at radius 2 is 1.94 bits per heavy atom. The van der Waals surface area contributed by atoms with E-state index in [-0.39, 0.29) is 11.5 Å². The predicted octanol–water partition coefficient (Wildman–Crippen LogP) is 3.66. The van der Waals surface area contributed by atoms with Crippen LogP contribution in [0.5, 0.6) is 5.75 Å². The number of aromatic nitrogens is 2. The highest BCUT2D eigenvalue weighted by Gasteiger charge is 2.33. The van der Waals surface area contributed by atoms with Crippen LogP contribution >= 0.6 is 11.3 Å². The van der Waals surface area contributed by atoms with Gasteiger partial charge in [-0.05, 0) is 51.0 Å². The number of carbonyl (C=O) groups is 1. The van der Waals surface area contributed by atoms with Crippen LogP contribution in [0.15, 0.2) is 42.5 Å². The lowest BCUT2D eigenvalue weighted by atomic mass is 9.89. The van der Waals surface area contributed by atoms with Crippen molar-refractivity contribution in [2.24, 2.45) is 5.92 Å². The van der Waals surface area contributed by atoms with E-state index in [0.29, 0.717) is 35.5 Å². The lowest BCUT2D eigenvalue weighted by Crippen LogP contribution is -2.42. The molecule has 10 heteroatoms. The third-order valence-electron chi connectivity index (χ3n) is 5.75. The molecule has 1 aromatic heterocycles. The molecule has 0 saturated heterocycles. The van der Waals surface area contributed by atoms with Gasteiger partial charge >= 0.3 is 0 Å². The molecular weight excluding hydrogens is 474 g/mol. The Balaban J connectivity index is 1.60. The summed E-state index contributed by atoms with van der Waals surface area (Å²) in [6.45, 7) is 6.80. The zero-order valence-electron chi connectivity index (χ0n) is 19.4. The second-order valence-electron chi connectivity index (χ2n) is 9.28. The summed E-state index contributed by atoms with van der Waals surface area (Å²) in [5, 5.41) is 20.9. The minimum atomic E-state index is -3.86. The third kappa shape index (κ3) is 4.84. The van der Waals surface area contributed by atoms with Crippen molar-refractivity contribution >= 4 is 27.3 Å². The Hall–Kier alpha value is -2.82. The quantitative estimate of drug-likeness (QED) is 0.548. The van der Waals surface area contributed by atoms with Crippen molar-refractivity contribution in [1.29, 1.82) is 0 Å². The maximum Gasteiger partial charge on any atom is 0.265 e. The summed E-state index contributed by atoms with van der Waals surface area (Å²) in [5.41, 5.74) is 2.15. The lowest BCUT2D eigenvalue weighted by Gasteiger charge is -2.30. The molecule has 180 valence electrons. The van der Waals surface area contributed by atoms with Crippen molar-refractivity contribution in [2.75, 3.05) is 6.61 Å². The van der Waals surface area contributed by atoms with E-state index < -0.39 is 26.8 Å². The van der Waals surface area contributed by atoms with Crippen LogP contribution in [0.3, 0.4) is 0 Å². The number of hydrogen-bond donors (Lipinski definition) is 2. The van der Waals surface area contributed by atoms with E-state index in [2.05, 4.69) is 14.9 Å². The second-order valence-corrected chi connectivity index (χ2v) is 13.0. The summed E-state index contributed by atoms with van der Waals surface area (Å²) >= 11 is 1.50. The smallest absolute Gasteiger partial charge is 0.265 e. The fourth-order valence-electron chi connectivity index (χ4n) is 3.69. The van der Waals surface area contributed by atoms with Gasteiger partial charge in [-0.2, -0.15) is 0 Å². The number of carbonyl (C=O) groups excluding carboxylic acids is 1. The Morgan fingerprint density at radius 1 is 1.21 bits per heavy atom. The molecule has 0 unspecified atom stereocenters. The Kier molecular flexibility index (Phi) is 6.50. The van der Waals surface area contributed by atoms with Crippen molar-refractivity contribution in [2.45, 2.75) is 45.0 Å².